The molecule has 0 bridgehead atoms. The molecule has 0 aromatic carbocycles. The van der Waals surface area contributed by atoms with Crippen LogP contribution in [0.15, 0.2) is 12.4 Å². The van der Waals surface area contributed by atoms with Crippen molar-refractivity contribution in [2.45, 2.75) is 32.2 Å². The maximum atomic E-state index is 13.1. The average Bonchev–Trinajstić information content (AvgIpc) is 2.92. The molecule has 2 aliphatic heterocycles. The molecule has 0 spiro atoms. The molecule has 0 radical (unpaired) electrons. The predicted molar refractivity (Wildman–Crippen MR) is 87.5 cm³/mol. The summed E-state index contributed by atoms with van der Waals surface area (Å²) in [6, 6.07) is 0. The third-order valence-corrected chi connectivity index (χ3v) is 4.73. The van der Waals surface area contributed by atoms with Crippen molar-refractivity contribution in [3.8, 4) is 0 Å². The number of carbonyl (C=O) groups is 1. The Balaban J connectivity index is 1.74. The fourth-order valence-corrected chi connectivity index (χ4v) is 3.49. The molecule has 0 saturated carbocycles. The lowest BCUT2D eigenvalue weighted by atomic mass is 9.90. The highest BCUT2D eigenvalue weighted by Gasteiger charge is 2.31. The third-order valence-electron chi connectivity index (χ3n) is 4.73. The molecule has 23 heavy (non-hydrogen) atoms. The van der Waals surface area contributed by atoms with Gasteiger partial charge in [0.05, 0.1) is 11.6 Å². The number of nitrogens with zero attached hydrogens (tertiary/aromatic N) is 3. The van der Waals surface area contributed by atoms with Crippen LogP contribution in [-0.4, -0.2) is 33.8 Å². The molecule has 2 aromatic rings. The molecule has 4 N–H and O–H groups in total. The lowest BCUT2D eigenvalue weighted by Gasteiger charge is -2.26. The van der Waals surface area contributed by atoms with Gasteiger partial charge in [-0.15, -0.1) is 0 Å². The summed E-state index contributed by atoms with van der Waals surface area (Å²) in [4.78, 5) is 17.3. The Morgan fingerprint density at radius 3 is 3.09 bits per heavy atom. The molecule has 1 unspecified atom stereocenters. The first-order chi connectivity index (χ1) is 11.2. The number of nitrogens with one attached hydrogen (secondary N) is 2. The van der Waals surface area contributed by atoms with Crippen LogP contribution in [0.25, 0.3) is 0 Å². The van der Waals surface area contributed by atoms with Crippen molar-refractivity contribution in [2.24, 2.45) is 0 Å². The van der Waals surface area contributed by atoms with Crippen molar-refractivity contribution < 1.29 is 4.79 Å². The predicted octanol–water partition coefficient (Wildman–Crippen LogP) is 1.05. The monoisotopic (exact) mass is 312 g/mol. The molecule has 7 nitrogen and oxygen atoms in total. The van der Waals surface area contributed by atoms with Crippen molar-refractivity contribution in [2.75, 3.05) is 24.1 Å². The van der Waals surface area contributed by atoms with Crippen molar-refractivity contribution in [3.63, 3.8) is 0 Å². The Hall–Kier alpha value is -2.41. The second kappa shape index (κ2) is 5.34. The van der Waals surface area contributed by atoms with Crippen LogP contribution in [0, 0.1) is 6.92 Å². The van der Waals surface area contributed by atoms with Gasteiger partial charge in [-0.3, -0.25) is 9.78 Å². The van der Waals surface area contributed by atoms with Gasteiger partial charge in [-0.05, 0) is 18.9 Å². The number of rotatable bonds is 1. The number of nitrogen functional groups attached to an aromatic ring is 1. The first-order valence-electron chi connectivity index (χ1n) is 7.96. The SMILES string of the molecule is Cc1cncc2c1NCCC2C(=O)n1nc2c(c1N)CNCC2. The second-order valence-electron chi connectivity index (χ2n) is 6.18. The van der Waals surface area contributed by atoms with Crippen molar-refractivity contribution in [1.82, 2.24) is 20.1 Å². The highest BCUT2D eigenvalue weighted by molar-refractivity contribution is 5.90. The van der Waals surface area contributed by atoms with Gasteiger partial charge >= 0.3 is 0 Å². The molecule has 4 heterocycles. The third kappa shape index (κ3) is 2.19. The highest BCUT2D eigenvalue weighted by atomic mass is 16.2. The van der Waals surface area contributed by atoms with E-state index in [0.29, 0.717) is 12.4 Å². The van der Waals surface area contributed by atoms with Gasteiger partial charge in [0.25, 0.3) is 5.91 Å². The van der Waals surface area contributed by atoms with E-state index in [4.69, 9.17) is 5.73 Å². The molecule has 4 rings (SSSR count). The Bertz CT molecular complexity index is 781. The van der Waals surface area contributed by atoms with Gasteiger partial charge in [-0.1, -0.05) is 0 Å². The summed E-state index contributed by atoms with van der Waals surface area (Å²) >= 11 is 0. The lowest BCUT2D eigenvalue weighted by molar-refractivity contribution is 0.0859. The maximum Gasteiger partial charge on any atom is 0.256 e. The van der Waals surface area contributed by atoms with Gasteiger partial charge in [0.1, 0.15) is 5.82 Å². The van der Waals surface area contributed by atoms with Crippen molar-refractivity contribution in [1.29, 1.82) is 0 Å². The summed E-state index contributed by atoms with van der Waals surface area (Å²) < 4.78 is 1.40. The Labute approximate surface area is 134 Å². The summed E-state index contributed by atoms with van der Waals surface area (Å²) in [7, 11) is 0. The topological polar surface area (TPSA) is 97.9 Å². The Kier molecular flexibility index (Phi) is 3.30. The number of aromatic nitrogens is 3. The number of aryl methyl sites for hydroxylation is 1. The van der Waals surface area contributed by atoms with Gasteiger partial charge in [-0.25, -0.2) is 0 Å². The second-order valence-corrected chi connectivity index (χ2v) is 6.18. The van der Waals surface area contributed by atoms with E-state index in [2.05, 4.69) is 20.7 Å². The zero-order valence-electron chi connectivity index (χ0n) is 13.1. The average molecular weight is 312 g/mol. The van der Waals surface area contributed by atoms with E-state index in [-0.39, 0.29) is 11.8 Å². The van der Waals surface area contributed by atoms with E-state index < -0.39 is 0 Å². The molecule has 0 amide bonds. The van der Waals surface area contributed by atoms with E-state index in [9.17, 15) is 4.79 Å². The summed E-state index contributed by atoms with van der Waals surface area (Å²) in [6.45, 7) is 4.31. The summed E-state index contributed by atoms with van der Waals surface area (Å²) in [5.41, 5.74) is 11.1. The minimum atomic E-state index is -0.254. The number of carbonyl (C=O) groups excluding carboxylic acids is 1. The zero-order valence-corrected chi connectivity index (χ0v) is 13.1. The number of nitrogens with two attached hydrogens (primary N) is 1. The fourth-order valence-electron chi connectivity index (χ4n) is 3.49. The van der Waals surface area contributed by atoms with Crippen LogP contribution in [-0.2, 0) is 13.0 Å². The molecule has 2 aromatic heterocycles. The normalized spacial score (nSPS) is 19.6. The molecule has 0 fully saturated rings. The maximum absolute atomic E-state index is 13.1. The molecule has 0 aliphatic carbocycles. The van der Waals surface area contributed by atoms with Crippen LogP contribution >= 0.6 is 0 Å². The van der Waals surface area contributed by atoms with Gasteiger partial charge in [0.2, 0.25) is 0 Å². The molecule has 0 saturated heterocycles. The van der Waals surface area contributed by atoms with Crippen molar-refractivity contribution >= 4 is 17.4 Å². The molecular weight excluding hydrogens is 292 g/mol. The molecular formula is C16H20N6O. The number of hydrogen-bond acceptors (Lipinski definition) is 6. The van der Waals surface area contributed by atoms with Crippen LogP contribution in [0.5, 0.6) is 0 Å². The fraction of sp³-hybridized carbons (Fsp3) is 0.438. The lowest BCUT2D eigenvalue weighted by Crippen LogP contribution is -2.29. The smallest absolute Gasteiger partial charge is 0.256 e. The van der Waals surface area contributed by atoms with Gasteiger partial charge in [0, 0.05) is 55.3 Å². The standard InChI is InChI=1S/C16H20N6O/c1-9-6-19-7-11-10(2-5-20-14(9)11)16(23)22-15(17)12-8-18-4-3-13(12)21-22/h6-7,10,18,20H,2-5,8,17H2,1H3. The van der Waals surface area contributed by atoms with Crippen LogP contribution in [0.2, 0.25) is 0 Å². The minimum absolute atomic E-state index is 0.0629. The summed E-state index contributed by atoms with van der Waals surface area (Å²) in [5, 5.41) is 11.1. The van der Waals surface area contributed by atoms with E-state index in [0.717, 1.165) is 54.0 Å². The van der Waals surface area contributed by atoms with Gasteiger partial charge in [0.15, 0.2) is 0 Å². The van der Waals surface area contributed by atoms with Crippen molar-refractivity contribution in [3.05, 3.63) is 34.8 Å². The highest BCUT2D eigenvalue weighted by Crippen LogP contribution is 2.35. The zero-order chi connectivity index (χ0) is 16.0. The molecule has 7 heteroatoms. The number of fused-ring (bicyclic) bond motifs is 2. The van der Waals surface area contributed by atoms with Crippen LogP contribution < -0.4 is 16.4 Å². The van der Waals surface area contributed by atoms with E-state index in [1.165, 1.54) is 4.68 Å². The number of pyridine rings is 1. The Morgan fingerprint density at radius 1 is 1.39 bits per heavy atom. The van der Waals surface area contributed by atoms with Gasteiger partial charge in [-0.2, -0.15) is 9.78 Å². The van der Waals surface area contributed by atoms with E-state index in [1.807, 2.05) is 13.1 Å². The molecule has 2 aliphatic rings. The molecule has 120 valence electrons. The van der Waals surface area contributed by atoms with E-state index >= 15 is 0 Å². The first-order valence-corrected chi connectivity index (χ1v) is 7.96. The number of hydrogen-bond donors (Lipinski definition) is 3. The summed E-state index contributed by atoms with van der Waals surface area (Å²) in [5.74, 6) is 0.153. The van der Waals surface area contributed by atoms with Crippen LogP contribution in [0.3, 0.4) is 0 Å². The minimum Gasteiger partial charge on any atom is -0.384 e. The Morgan fingerprint density at radius 2 is 2.26 bits per heavy atom. The summed E-state index contributed by atoms with van der Waals surface area (Å²) in [6.07, 6.45) is 5.12. The molecule has 1 atom stereocenters. The quantitative estimate of drug-likeness (QED) is 0.728. The first kappa shape index (κ1) is 14.2. The van der Waals surface area contributed by atoms with Gasteiger partial charge < -0.3 is 16.4 Å². The van der Waals surface area contributed by atoms with E-state index in [1.54, 1.807) is 6.20 Å². The number of anilines is 2. The largest absolute Gasteiger partial charge is 0.384 e. The van der Waals surface area contributed by atoms with Crippen LogP contribution in [0.4, 0.5) is 11.5 Å². The van der Waals surface area contributed by atoms with Crippen LogP contribution in [0.1, 0.15) is 39.5 Å².